The number of ether oxygens (including phenoxy) is 1. The first-order valence-corrected chi connectivity index (χ1v) is 9.37. The van der Waals surface area contributed by atoms with E-state index < -0.39 is 0 Å². The molecule has 0 bridgehead atoms. The molecule has 0 radical (unpaired) electrons. The van der Waals surface area contributed by atoms with Gasteiger partial charge < -0.3 is 14.2 Å². The zero-order valence-electron chi connectivity index (χ0n) is 15.3. The summed E-state index contributed by atoms with van der Waals surface area (Å²) in [5, 5.41) is 0. The van der Waals surface area contributed by atoms with Crippen molar-refractivity contribution < 1.29 is 9.53 Å². The molecule has 2 aliphatic rings. The summed E-state index contributed by atoms with van der Waals surface area (Å²) >= 11 is 0. The lowest BCUT2D eigenvalue weighted by Gasteiger charge is -2.26. The van der Waals surface area contributed by atoms with Crippen molar-refractivity contribution in [1.82, 2.24) is 19.4 Å². The summed E-state index contributed by atoms with van der Waals surface area (Å²) in [5.74, 6) is 1.21. The molecule has 0 aliphatic carbocycles. The van der Waals surface area contributed by atoms with E-state index in [-0.39, 0.29) is 11.9 Å². The van der Waals surface area contributed by atoms with Crippen molar-refractivity contribution in [3.63, 3.8) is 0 Å². The number of amides is 1. The number of carbonyl (C=O) groups excluding carboxylic acids is 1. The van der Waals surface area contributed by atoms with E-state index in [2.05, 4.69) is 38.7 Å². The van der Waals surface area contributed by atoms with Gasteiger partial charge in [0.25, 0.3) is 0 Å². The lowest BCUT2D eigenvalue weighted by Crippen LogP contribution is -2.35. The Balaban J connectivity index is 1.50. The van der Waals surface area contributed by atoms with Crippen molar-refractivity contribution >= 4 is 5.91 Å². The maximum absolute atomic E-state index is 11.8. The van der Waals surface area contributed by atoms with Gasteiger partial charge in [-0.3, -0.25) is 9.69 Å². The average Bonchev–Trinajstić information content (AvgIpc) is 3.25. The van der Waals surface area contributed by atoms with Gasteiger partial charge in [-0.1, -0.05) is 18.2 Å². The number of hydrogen-bond acceptors (Lipinski definition) is 4. The van der Waals surface area contributed by atoms with E-state index >= 15 is 0 Å². The summed E-state index contributed by atoms with van der Waals surface area (Å²) in [4.78, 5) is 20.7. The normalized spacial score (nSPS) is 21.5. The molecule has 3 heterocycles. The number of imidazole rings is 1. The Labute approximate surface area is 154 Å². The Morgan fingerprint density at radius 1 is 1.27 bits per heavy atom. The molecule has 2 aromatic rings. The van der Waals surface area contributed by atoms with Crippen LogP contribution < -0.4 is 0 Å². The molecule has 1 amide bonds. The highest BCUT2D eigenvalue weighted by Crippen LogP contribution is 2.23. The van der Waals surface area contributed by atoms with Crippen molar-refractivity contribution in [3.8, 4) is 11.4 Å². The lowest BCUT2D eigenvalue weighted by molar-refractivity contribution is -0.127. The van der Waals surface area contributed by atoms with E-state index in [1.165, 1.54) is 5.56 Å². The molecule has 138 valence electrons. The van der Waals surface area contributed by atoms with Crippen LogP contribution in [0.5, 0.6) is 0 Å². The summed E-state index contributed by atoms with van der Waals surface area (Å²) in [6.07, 6.45) is 5.44. The van der Waals surface area contributed by atoms with Gasteiger partial charge in [0.05, 0.1) is 13.2 Å². The van der Waals surface area contributed by atoms with Crippen LogP contribution in [0, 0.1) is 0 Å². The van der Waals surface area contributed by atoms with Crippen molar-refractivity contribution in [3.05, 3.63) is 42.2 Å². The largest absolute Gasteiger partial charge is 0.379 e. The molecule has 26 heavy (non-hydrogen) atoms. The highest BCUT2D eigenvalue weighted by atomic mass is 16.5. The first-order valence-electron chi connectivity index (χ1n) is 9.37. The number of aromatic nitrogens is 2. The summed E-state index contributed by atoms with van der Waals surface area (Å²) < 4.78 is 7.61. The molecule has 1 unspecified atom stereocenters. The SMILES string of the molecule is CN1C(=O)CCC1Cn1ccnc1-c1cccc(CN2CCOCC2)c1. The molecule has 0 saturated carbocycles. The van der Waals surface area contributed by atoms with Crippen LogP contribution in [0.3, 0.4) is 0 Å². The van der Waals surface area contributed by atoms with Crippen LogP contribution in [0.25, 0.3) is 11.4 Å². The van der Waals surface area contributed by atoms with Crippen LogP contribution in [0.2, 0.25) is 0 Å². The molecule has 0 N–H and O–H groups in total. The molecule has 2 fully saturated rings. The van der Waals surface area contributed by atoms with Gasteiger partial charge in [0.1, 0.15) is 5.82 Å². The van der Waals surface area contributed by atoms with Gasteiger partial charge in [-0.05, 0) is 18.1 Å². The minimum Gasteiger partial charge on any atom is -0.379 e. The monoisotopic (exact) mass is 354 g/mol. The highest BCUT2D eigenvalue weighted by Gasteiger charge is 2.28. The fourth-order valence-electron chi connectivity index (χ4n) is 3.85. The van der Waals surface area contributed by atoms with Gasteiger partial charge in [-0.15, -0.1) is 0 Å². The Bertz CT molecular complexity index is 767. The van der Waals surface area contributed by atoms with Crippen molar-refractivity contribution in [2.24, 2.45) is 0 Å². The van der Waals surface area contributed by atoms with Crippen LogP contribution in [0.1, 0.15) is 18.4 Å². The van der Waals surface area contributed by atoms with E-state index in [0.717, 1.165) is 57.2 Å². The fraction of sp³-hybridized carbons (Fsp3) is 0.500. The Morgan fingerprint density at radius 3 is 2.88 bits per heavy atom. The molecule has 1 aromatic carbocycles. The number of benzene rings is 1. The maximum atomic E-state index is 11.8. The van der Waals surface area contributed by atoms with Gasteiger partial charge in [-0.2, -0.15) is 0 Å². The number of hydrogen-bond donors (Lipinski definition) is 0. The maximum Gasteiger partial charge on any atom is 0.222 e. The van der Waals surface area contributed by atoms with Crippen LogP contribution in [-0.4, -0.2) is 64.7 Å². The minimum atomic E-state index is 0.240. The minimum absolute atomic E-state index is 0.240. The van der Waals surface area contributed by atoms with Crippen LogP contribution in [-0.2, 0) is 22.6 Å². The zero-order chi connectivity index (χ0) is 17.9. The molecular formula is C20H26N4O2. The second kappa shape index (κ2) is 7.60. The molecule has 0 spiro atoms. The van der Waals surface area contributed by atoms with Crippen LogP contribution >= 0.6 is 0 Å². The quantitative estimate of drug-likeness (QED) is 0.824. The Hall–Kier alpha value is -2.18. The third kappa shape index (κ3) is 3.66. The predicted octanol–water partition coefficient (Wildman–Crippen LogP) is 2.00. The van der Waals surface area contributed by atoms with Gasteiger partial charge in [0, 0.05) is 63.6 Å². The zero-order valence-corrected chi connectivity index (χ0v) is 15.3. The van der Waals surface area contributed by atoms with Gasteiger partial charge in [0.2, 0.25) is 5.91 Å². The van der Waals surface area contributed by atoms with E-state index in [0.29, 0.717) is 6.42 Å². The highest BCUT2D eigenvalue weighted by molar-refractivity contribution is 5.78. The van der Waals surface area contributed by atoms with E-state index in [9.17, 15) is 4.79 Å². The predicted molar refractivity (Wildman–Crippen MR) is 99.6 cm³/mol. The van der Waals surface area contributed by atoms with Crippen molar-refractivity contribution in [1.29, 1.82) is 0 Å². The molecule has 1 atom stereocenters. The summed E-state index contributed by atoms with van der Waals surface area (Å²) in [5.41, 5.74) is 2.43. The summed E-state index contributed by atoms with van der Waals surface area (Å²) in [7, 11) is 1.90. The third-order valence-electron chi connectivity index (χ3n) is 5.45. The fourth-order valence-corrected chi connectivity index (χ4v) is 3.85. The van der Waals surface area contributed by atoms with Crippen LogP contribution in [0.15, 0.2) is 36.7 Å². The number of likely N-dealkylation sites (tertiary alicyclic amines) is 1. The molecular weight excluding hydrogens is 328 g/mol. The average molecular weight is 354 g/mol. The topological polar surface area (TPSA) is 50.6 Å². The second-order valence-corrected chi connectivity index (χ2v) is 7.19. The van der Waals surface area contributed by atoms with E-state index in [1.807, 2.05) is 24.3 Å². The van der Waals surface area contributed by atoms with Crippen molar-refractivity contribution in [2.45, 2.75) is 32.0 Å². The number of likely N-dealkylation sites (N-methyl/N-ethyl adjacent to an activating group) is 1. The molecule has 1 aromatic heterocycles. The first kappa shape index (κ1) is 17.2. The Kier molecular flexibility index (Phi) is 5.04. The molecule has 6 nitrogen and oxygen atoms in total. The third-order valence-corrected chi connectivity index (χ3v) is 5.45. The molecule has 6 heteroatoms. The first-order chi connectivity index (χ1) is 12.7. The summed E-state index contributed by atoms with van der Waals surface area (Å²) in [6.45, 7) is 5.35. The van der Waals surface area contributed by atoms with Crippen LogP contribution in [0.4, 0.5) is 0 Å². The second-order valence-electron chi connectivity index (χ2n) is 7.19. The Morgan fingerprint density at radius 2 is 2.12 bits per heavy atom. The van der Waals surface area contributed by atoms with Crippen molar-refractivity contribution in [2.75, 3.05) is 33.4 Å². The number of morpholine rings is 1. The standard InChI is InChI=1S/C20H26N4O2/c1-22-18(5-6-19(22)25)15-24-8-7-21-20(24)17-4-2-3-16(13-17)14-23-9-11-26-12-10-23/h2-4,7-8,13,18H,5-6,9-12,14-15H2,1H3. The lowest BCUT2D eigenvalue weighted by atomic mass is 10.1. The van der Waals surface area contributed by atoms with E-state index in [1.54, 1.807) is 0 Å². The van der Waals surface area contributed by atoms with E-state index in [4.69, 9.17) is 4.74 Å². The smallest absolute Gasteiger partial charge is 0.222 e. The number of carbonyl (C=O) groups is 1. The molecule has 2 aliphatic heterocycles. The van der Waals surface area contributed by atoms with Gasteiger partial charge in [-0.25, -0.2) is 4.98 Å². The molecule has 2 saturated heterocycles. The van der Waals surface area contributed by atoms with Gasteiger partial charge >= 0.3 is 0 Å². The number of rotatable bonds is 5. The molecule has 4 rings (SSSR count). The van der Waals surface area contributed by atoms with Gasteiger partial charge in [0.15, 0.2) is 0 Å². The summed E-state index contributed by atoms with van der Waals surface area (Å²) in [6, 6.07) is 8.89. The number of nitrogens with zero attached hydrogens (tertiary/aromatic N) is 4.